The predicted molar refractivity (Wildman–Crippen MR) is 105 cm³/mol. The van der Waals surface area contributed by atoms with E-state index in [2.05, 4.69) is 15.3 Å². The van der Waals surface area contributed by atoms with Crippen molar-refractivity contribution in [3.05, 3.63) is 58.8 Å². The molecule has 0 spiro atoms. The molecule has 0 fully saturated rings. The van der Waals surface area contributed by atoms with Crippen LogP contribution in [-0.2, 0) is 11.2 Å². The van der Waals surface area contributed by atoms with Crippen molar-refractivity contribution in [3.63, 3.8) is 0 Å². The van der Waals surface area contributed by atoms with Crippen LogP contribution in [0.4, 0.5) is 0 Å². The predicted octanol–water partition coefficient (Wildman–Crippen LogP) is 4.31. The SMILES string of the molecule is O=C(CCCOc1ccc(Cl)cc1)NCCc1[nH]cnc1-c1cccs1. The number of imidazole rings is 1. The zero-order valence-electron chi connectivity index (χ0n) is 14.2. The maximum absolute atomic E-state index is 11.9. The topological polar surface area (TPSA) is 67.0 Å². The van der Waals surface area contributed by atoms with Crippen LogP contribution < -0.4 is 10.1 Å². The van der Waals surface area contributed by atoms with Gasteiger partial charge in [0.2, 0.25) is 5.91 Å². The van der Waals surface area contributed by atoms with E-state index in [1.54, 1.807) is 29.8 Å². The molecule has 3 rings (SSSR count). The third-order valence-electron chi connectivity index (χ3n) is 3.80. The number of thiophene rings is 1. The minimum absolute atomic E-state index is 0.0295. The van der Waals surface area contributed by atoms with E-state index >= 15 is 0 Å². The van der Waals surface area contributed by atoms with E-state index in [1.807, 2.05) is 29.6 Å². The standard InChI is InChI=1S/C19H20ClN3O2S/c20-14-5-7-15(8-6-14)25-11-1-4-18(24)21-10-9-16-19(23-13-22-16)17-3-2-12-26-17/h2-3,5-8,12-13H,1,4,9-11H2,(H,21,24)(H,22,23). The lowest BCUT2D eigenvalue weighted by molar-refractivity contribution is -0.121. The van der Waals surface area contributed by atoms with E-state index in [0.717, 1.165) is 28.4 Å². The highest BCUT2D eigenvalue weighted by Crippen LogP contribution is 2.25. The Morgan fingerprint density at radius 2 is 2.12 bits per heavy atom. The van der Waals surface area contributed by atoms with Crippen LogP contribution in [0.2, 0.25) is 5.02 Å². The number of carbonyl (C=O) groups excluding carboxylic acids is 1. The Morgan fingerprint density at radius 3 is 2.88 bits per heavy atom. The summed E-state index contributed by atoms with van der Waals surface area (Å²) in [5.74, 6) is 0.789. The molecular formula is C19H20ClN3O2S. The molecule has 5 nitrogen and oxygen atoms in total. The first-order chi connectivity index (χ1) is 12.7. The third kappa shape index (κ3) is 5.34. The molecule has 1 aromatic carbocycles. The number of rotatable bonds is 9. The van der Waals surface area contributed by atoms with Crippen LogP contribution in [0.25, 0.3) is 10.6 Å². The number of amides is 1. The normalized spacial score (nSPS) is 10.7. The Labute approximate surface area is 161 Å². The lowest BCUT2D eigenvalue weighted by atomic mass is 10.2. The van der Waals surface area contributed by atoms with Gasteiger partial charge in [0.1, 0.15) is 11.4 Å². The molecule has 0 aliphatic heterocycles. The molecule has 0 aliphatic rings. The summed E-state index contributed by atoms with van der Waals surface area (Å²) in [7, 11) is 0. The van der Waals surface area contributed by atoms with Gasteiger partial charge in [-0.15, -0.1) is 11.3 Å². The lowest BCUT2D eigenvalue weighted by Crippen LogP contribution is -2.26. The van der Waals surface area contributed by atoms with Gasteiger partial charge < -0.3 is 15.0 Å². The number of nitrogens with zero attached hydrogens (tertiary/aromatic N) is 1. The zero-order valence-corrected chi connectivity index (χ0v) is 15.8. The second-order valence-electron chi connectivity index (χ2n) is 5.71. The fourth-order valence-corrected chi connectivity index (χ4v) is 3.38. The van der Waals surface area contributed by atoms with E-state index < -0.39 is 0 Å². The maximum atomic E-state index is 11.9. The second kappa shape index (κ2) is 9.40. The van der Waals surface area contributed by atoms with Gasteiger partial charge in [-0.3, -0.25) is 4.79 Å². The Bertz CT molecular complexity index is 816. The summed E-state index contributed by atoms with van der Waals surface area (Å²) in [4.78, 5) is 20.6. The van der Waals surface area contributed by atoms with Crippen molar-refractivity contribution in [1.82, 2.24) is 15.3 Å². The fraction of sp³-hybridized carbons (Fsp3) is 0.263. The minimum Gasteiger partial charge on any atom is -0.494 e. The van der Waals surface area contributed by atoms with Crippen molar-refractivity contribution in [3.8, 4) is 16.3 Å². The Hall–Kier alpha value is -2.31. The summed E-state index contributed by atoms with van der Waals surface area (Å²) in [6, 6.07) is 11.2. The smallest absolute Gasteiger partial charge is 0.220 e. The number of halogens is 1. The summed E-state index contributed by atoms with van der Waals surface area (Å²) < 4.78 is 5.58. The molecule has 2 aromatic heterocycles. The number of carbonyl (C=O) groups is 1. The number of ether oxygens (including phenoxy) is 1. The van der Waals surface area contributed by atoms with E-state index in [-0.39, 0.29) is 5.91 Å². The van der Waals surface area contributed by atoms with Gasteiger partial charge in [0, 0.05) is 30.1 Å². The molecule has 136 valence electrons. The van der Waals surface area contributed by atoms with Crippen molar-refractivity contribution in [2.45, 2.75) is 19.3 Å². The average molecular weight is 390 g/mol. The number of benzene rings is 1. The number of H-pyrrole nitrogens is 1. The van der Waals surface area contributed by atoms with Crippen LogP contribution in [0.5, 0.6) is 5.75 Å². The third-order valence-corrected chi connectivity index (χ3v) is 4.93. The van der Waals surface area contributed by atoms with Gasteiger partial charge in [0.25, 0.3) is 0 Å². The summed E-state index contributed by atoms with van der Waals surface area (Å²) in [5, 5.41) is 5.65. The van der Waals surface area contributed by atoms with Gasteiger partial charge in [0.05, 0.1) is 17.8 Å². The van der Waals surface area contributed by atoms with E-state index in [4.69, 9.17) is 16.3 Å². The molecule has 2 heterocycles. The molecular weight excluding hydrogens is 370 g/mol. The van der Waals surface area contributed by atoms with Crippen LogP contribution in [0, 0.1) is 0 Å². The van der Waals surface area contributed by atoms with Crippen LogP contribution >= 0.6 is 22.9 Å². The van der Waals surface area contributed by atoms with Crippen molar-refractivity contribution in [1.29, 1.82) is 0 Å². The second-order valence-corrected chi connectivity index (χ2v) is 7.10. The number of nitrogens with one attached hydrogen (secondary N) is 2. The van der Waals surface area contributed by atoms with Crippen LogP contribution in [-0.4, -0.2) is 29.0 Å². The Morgan fingerprint density at radius 1 is 1.27 bits per heavy atom. The highest BCUT2D eigenvalue weighted by molar-refractivity contribution is 7.13. The molecule has 1 amide bonds. The van der Waals surface area contributed by atoms with Crippen molar-refractivity contribution in [2.24, 2.45) is 0 Å². The van der Waals surface area contributed by atoms with Crippen LogP contribution in [0.1, 0.15) is 18.5 Å². The van der Waals surface area contributed by atoms with Crippen LogP contribution in [0.15, 0.2) is 48.1 Å². The first kappa shape index (κ1) is 18.5. The first-order valence-electron chi connectivity index (χ1n) is 8.43. The Kier molecular flexibility index (Phi) is 6.68. The number of hydrogen-bond acceptors (Lipinski definition) is 4. The molecule has 0 radical (unpaired) electrons. The quantitative estimate of drug-likeness (QED) is 0.536. The summed E-state index contributed by atoms with van der Waals surface area (Å²) in [5.41, 5.74) is 2.00. The maximum Gasteiger partial charge on any atom is 0.220 e. The highest BCUT2D eigenvalue weighted by atomic mass is 35.5. The largest absolute Gasteiger partial charge is 0.494 e. The number of aromatic amines is 1. The average Bonchev–Trinajstić information content (AvgIpc) is 3.31. The van der Waals surface area contributed by atoms with Gasteiger partial charge in [-0.1, -0.05) is 17.7 Å². The molecule has 0 bridgehead atoms. The van der Waals surface area contributed by atoms with Crippen molar-refractivity contribution >= 4 is 28.8 Å². The molecule has 7 heteroatoms. The number of aromatic nitrogens is 2. The van der Waals surface area contributed by atoms with E-state index in [0.29, 0.717) is 31.0 Å². The molecule has 2 N–H and O–H groups in total. The van der Waals surface area contributed by atoms with Gasteiger partial charge >= 0.3 is 0 Å². The molecule has 0 unspecified atom stereocenters. The number of hydrogen-bond donors (Lipinski definition) is 2. The van der Waals surface area contributed by atoms with Gasteiger partial charge in [-0.05, 0) is 42.1 Å². The fourth-order valence-electron chi connectivity index (χ4n) is 2.51. The van der Waals surface area contributed by atoms with Gasteiger partial charge in [-0.2, -0.15) is 0 Å². The molecule has 0 atom stereocenters. The molecule has 0 saturated carbocycles. The molecule has 3 aromatic rings. The van der Waals surface area contributed by atoms with Crippen LogP contribution in [0.3, 0.4) is 0 Å². The monoisotopic (exact) mass is 389 g/mol. The minimum atomic E-state index is 0.0295. The molecule has 26 heavy (non-hydrogen) atoms. The highest BCUT2D eigenvalue weighted by Gasteiger charge is 2.09. The first-order valence-corrected chi connectivity index (χ1v) is 9.69. The van der Waals surface area contributed by atoms with E-state index in [9.17, 15) is 4.79 Å². The zero-order chi connectivity index (χ0) is 18.2. The van der Waals surface area contributed by atoms with Crippen molar-refractivity contribution in [2.75, 3.05) is 13.2 Å². The molecule has 0 aliphatic carbocycles. The van der Waals surface area contributed by atoms with E-state index in [1.165, 1.54) is 0 Å². The Balaban J connectivity index is 1.33. The van der Waals surface area contributed by atoms with Crippen molar-refractivity contribution < 1.29 is 9.53 Å². The summed E-state index contributed by atoms with van der Waals surface area (Å²) in [6.45, 7) is 1.08. The summed E-state index contributed by atoms with van der Waals surface area (Å²) >= 11 is 7.48. The summed E-state index contributed by atoms with van der Waals surface area (Å²) in [6.07, 6.45) is 3.52. The van der Waals surface area contributed by atoms with Gasteiger partial charge in [0.15, 0.2) is 0 Å². The van der Waals surface area contributed by atoms with Gasteiger partial charge in [-0.25, -0.2) is 4.98 Å². The lowest BCUT2D eigenvalue weighted by Gasteiger charge is -2.07. The molecule has 0 saturated heterocycles.